The van der Waals surface area contributed by atoms with Gasteiger partial charge in [-0.2, -0.15) is 0 Å². The predicted molar refractivity (Wildman–Crippen MR) is 67.9 cm³/mol. The molecule has 0 bridgehead atoms. The average Bonchev–Trinajstić information content (AvgIpc) is 2.25. The SMILES string of the molecule is COC(CC(C)(O)c1ccc(C)cc1C)OC. The van der Waals surface area contributed by atoms with Crippen LogP contribution >= 0.6 is 0 Å². The third-order valence-corrected chi connectivity index (χ3v) is 3.05. The lowest BCUT2D eigenvalue weighted by Crippen LogP contribution is -2.30. The Labute approximate surface area is 103 Å². The lowest BCUT2D eigenvalue weighted by Gasteiger charge is -2.29. The third-order valence-electron chi connectivity index (χ3n) is 3.05. The summed E-state index contributed by atoms with van der Waals surface area (Å²) in [5, 5.41) is 10.5. The summed E-state index contributed by atoms with van der Waals surface area (Å²) in [6.45, 7) is 5.83. The first kappa shape index (κ1) is 14.2. The molecule has 17 heavy (non-hydrogen) atoms. The van der Waals surface area contributed by atoms with Gasteiger partial charge in [-0.15, -0.1) is 0 Å². The minimum absolute atomic E-state index is 0.397. The maximum atomic E-state index is 10.5. The summed E-state index contributed by atoms with van der Waals surface area (Å²) in [5.41, 5.74) is 2.24. The molecule has 96 valence electrons. The van der Waals surface area contributed by atoms with Crippen molar-refractivity contribution in [2.75, 3.05) is 14.2 Å². The average molecular weight is 238 g/mol. The van der Waals surface area contributed by atoms with E-state index in [0.29, 0.717) is 6.42 Å². The van der Waals surface area contributed by atoms with Crippen LogP contribution in [0.5, 0.6) is 0 Å². The van der Waals surface area contributed by atoms with E-state index in [2.05, 4.69) is 6.07 Å². The van der Waals surface area contributed by atoms with Crippen LogP contribution in [-0.4, -0.2) is 25.6 Å². The van der Waals surface area contributed by atoms with Crippen molar-refractivity contribution >= 4 is 0 Å². The van der Waals surface area contributed by atoms with Gasteiger partial charge in [-0.3, -0.25) is 0 Å². The van der Waals surface area contributed by atoms with E-state index in [9.17, 15) is 5.11 Å². The first-order chi connectivity index (χ1) is 7.90. The van der Waals surface area contributed by atoms with E-state index in [1.54, 1.807) is 21.1 Å². The van der Waals surface area contributed by atoms with E-state index in [4.69, 9.17) is 9.47 Å². The van der Waals surface area contributed by atoms with Crippen LogP contribution in [0.1, 0.15) is 30.0 Å². The van der Waals surface area contributed by atoms with Crippen molar-refractivity contribution in [3.8, 4) is 0 Å². The fourth-order valence-electron chi connectivity index (χ4n) is 2.12. The zero-order valence-electron chi connectivity index (χ0n) is 11.3. The van der Waals surface area contributed by atoms with Gasteiger partial charge in [0.05, 0.1) is 5.60 Å². The van der Waals surface area contributed by atoms with Crippen molar-refractivity contribution in [2.45, 2.75) is 39.1 Å². The Morgan fingerprint density at radius 3 is 2.29 bits per heavy atom. The first-order valence-corrected chi connectivity index (χ1v) is 5.76. The zero-order valence-corrected chi connectivity index (χ0v) is 11.3. The smallest absolute Gasteiger partial charge is 0.159 e. The standard InChI is InChI=1S/C14H22O3/c1-10-6-7-12(11(2)8-10)14(3,15)9-13(16-4)17-5/h6-8,13,15H,9H2,1-5H3. The molecule has 0 aromatic heterocycles. The van der Waals surface area contributed by atoms with Crippen molar-refractivity contribution in [3.05, 3.63) is 34.9 Å². The minimum atomic E-state index is -0.950. The van der Waals surface area contributed by atoms with E-state index in [0.717, 1.165) is 11.1 Å². The molecule has 0 fully saturated rings. The van der Waals surface area contributed by atoms with Gasteiger partial charge in [0.25, 0.3) is 0 Å². The summed E-state index contributed by atoms with van der Waals surface area (Å²) in [5.74, 6) is 0. The highest BCUT2D eigenvalue weighted by Crippen LogP contribution is 2.29. The lowest BCUT2D eigenvalue weighted by molar-refractivity contribution is -0.142. The highest BCUT2D eigenvalue weighted by molar-refractivity contribution is 5.34. The molecule has 1 aromatic rings. The molecule has 0 radical (unpaired) electrons. The van der Waals surface area contributed by atoms with E-state index < -0.39 is 11.9 Å². The van der Waals surface area contributed by atoms with Crippen LogP contribution in [0.2, 0.25) is 0 Å². The Balaban J connectivity index is 2.95. The van der Waals surface area contributed by atoms with E-state index >= 15 is 0 Å². The van der Waals surface area contributed by atoms with Crippen molar-refractivity contribution in [3.63, 3.8) is 0 Å². The Hall–Kier alpha value is -0.900. The van der Waals surface area contributed by atoms with Gasteiger partial charge in [-0.05, 0) is 31.9 Å². The highest BCUT2D eigenvalue weighted by atomic mass is 16.7. The van der Waals surface area contributed by atoms with Gasteiger partial charge < -0.3 is 14.6 Å². The number of hydrogen-bond acceptors (Lipinski definition) is 3. The molecule has 1 atom stereocenters. The fourth-order valence-corrected chi connectivity index (χ4v) is 2.12. The fraction of sp³-hybridized carbons (Fsp3) is 0.571. The molecular weight excluding hydrogens is 216 g/mol. The molecular formula is C14H22O3. The summed E-state index contributed by atoms with van der Waals surface area (Å²) >= 11 is 0. The summed E-state index contributed by atoms with van der Waals surface area (Å²) in [4.78, 5) is 0. The Morgan fingerprint density at radius 1 is 1.24 bits per heavy atom. The molecule has 3 heteroatoms. The Kier molecular flexibility index (Phi) is 4.69. The number of hydrogen-bond donors (Lipinski definition) is 1. The van der Waals surface area contributed by atoms with Gasteiger partial charge in [0.1, 0.15) is 0 Å². The normalized spacial score (nSPS) is 15.0. The van der Waals surface area contributed by atoms with Crippen molar-refractivity contribution < 1.29 is 14.6 Å². The second kappa shape index (κ2) is 5.63. The van der Waals surface area contributed by atoms with E-state index in [1.807, 2.05) is 26.0 Å². The maximum absolute atomic E-state index is 10.5. The zero-order chi connectivity index (χ0) is 13.1. The van der Waals surface area contributed by atoms with Crippen LogP contribution in [0.4, 0.5) is 0 Å². The van der Waals surface area contributed by atoms with Crippen molar-refractivity contribution in [2.24, 2.45) is 0 Å². The number of rotatable bonds is 5. The highest BCUT2D eigenvalue weighted by Gasteiger charge is 2.28. The first-order valence-electron chi connectivity index (χ1n) is 5.76. The van der Waals surface area contributed by atoms with Gasteiger partial charge in [0, 0.05) is 20.6 Å². The van der Waals surface area contributed by atoms with Crippen LogP contribution in [0.15, 0.2) is 18.2 Å². The van der Waals surface area contributed by atoms with Gasteiger partial charge in [0.2, 0.25) is 0 Å². The number of aliphatic hydroxyl groups is 1. The predicted octanol–water partition coefficient (Wildman–Crippen LogP) is 2.52. The number of methoxy groups -OCH3 is 2. The van der Waals surface area contributed by atoms with Crippen molar-refractivity contribution in [1.29, 1.82) is 0 Å². The maximum Gasteiger partial charge on any atom is 0.159 e. The monoisotopic (exact) mass is 238 g/mol. The molecule has 1 rings (SSSR count). The van der Waals surface area contributed by atoms with Gasteiger partial charge in [0.15, 0.2) is 6.29 Å². The van der Waals surface area contributed by atoms with Crippen LogP contribution in [0.25, 0.3) is 0 Å². The van der Waals surface area contributed by atoms with Gasteiger partial charge >= 0.3 is 0 Å². The number of aryl methyl sites for hydroxylation is 2. The Morgan fingerprint density at radius 2 is 1.82 bits per heavy atom. The van der Waals surface area contributed by atoms with Crippen LogP contribution < -0.4 is 0 Å². The Bertz CT molecular complexity index is 368. The van der Waals surface area contributed by atoms with Crippen LogP contribution in [0, 0.1) is 13.8 Å². The summed E-state index contributed by atoms with van der Waals surface area (Å²) < 4.78 is 10.3. The van der Waals surface area contributed by atoms with E-state index in [1.165, 1.54) is 5.56 Å². The minimum Gasteiger partial charge on any atom is -0.385 e. The molecule has 0 saturated carbocycles. The topological polar surface area (TPSA) is 38.7 Å². The molecule has 1 unspecified atom stereocenters. The quantitative estimate of drug-likeness (QED) is 0.801. The van der Waals surface area contributed by atoms with Gasteiger partial charge in [-0.25, -0.2) is 0 Å². The van der Waals surface area contributed by atoms with Gasteiger partial charge in [-0.1, -0.05) is 23.8 Å². The summed E-state index contributed by atoms with van der Waals surface area (Å²) in [7, 11) is 3.15. The second-order valence-corrected chi connectivity index (χ2v) is 4.70. The molecule has 1 aromatic carbocycles. The van der Waals surface area contributed by atoms with E-state index in [-0.39, 0.29) is 0 Å². The molecule has 0 heterocycles. The number of benzene rings is 1. The number of ether oxygens (including phenoxy) is 2. The molecule has 0 aliphatic rings. The molecule has 0 aliphatic heterocycles. The third kappa shape index (κ3) is 3.53. The molecule has 0 amide bonds. The molecule has 0 spiro atoms. The molecule has 0 aliphatic carbocycles. The second-order valence-electron chi connectivity index (χ2n) is 4.70. The van der Waals surface area contributed by atoms with Crippen LogP contribution in [-0.2, 0) is 15.1 Å². The summed E-state index contributed by atoms with van der Waals surface area (Å²) in [6, 6.07) is 6.04. The molecule has 1 N–H and O–H groups in total. The lowest BCUT2D eigenvalue weighted by atomic mass is 9.88. The molecule has 3 nitrogen and oxygen atoms in total. The van der Waals surface area contributed by atoms with Crippen molar-refractivity contribution in [1.82, 2.24) is 0 Å². The summed E-state index contributed by atoms with van der Waals surface area (Å²) in [6.07, 6.45) is 0.00915. The van der Waals surface area contributed by atoms with Crippen LogP contribution in [0.3, 0.4) is 0 Å². The molecule has 0 saturated heterocycles. The largest absolute Gasteiger partial charge is 0.385 e.